The molecule has 1 aliphatic rings. The topological polar surface area (TPSA) is 46.2 Å². The highest BCUT2D eigenvalue weighted by Gasteiger charge is 2.36. The van der Waals surface area contributed by atoms with Gasteiger partial charge in [-0.1, -0.05) is 6.92 Å². The molecule has 3 heteroatoms. The highest BCUT2D eigenvalue weighted by atomic mass is 32.2. The molecule has 1 saturated heterocycles. The zero-order valence-corrected chi connectivity index (χ0v) is 7.16. The van der Waals surface area contributed by atoms with Crippen LogP contribution in [0.5, 0.6) is 0 Å². The molecule has 1 heterocycles. The molecule has 0 aromatic carbocycles. The predicted molar refractivity (Wildman–Crippen MR) is 45.1 cm³/mol. The van der Waals surface area contributed by atoms with Gasteiger partial charge in [0.15, 0.2) is 0 Å². The summed E-state index contributed by atoms with van der Waals surface area (Å²) in [6, 6.07) is 0. The number of aliphatic hydroxyl groups is 1. The highest BCUT2D eigenvalue weighted by Crippen LogP contribution is 2.33. The van der Waals surface area contributed by atoms with Gasteiger partial charge in [-0.25, -0.2) is 0 Å². The Balaban J connectivity index is 2.49. The van der Waals surface area contributed by atoms with Crippen LogP contribution in [0.2, 0.25) is 0 Å². The van der Waals surface area contributed by atoms with Crippen LogP contribution in [0.3, 0.4) is 0 Å². The third kappa shape index (κ3) is 1.47. The summed E-state index contributed by atoms with van der Waals surface area (Å²) < 4.78 is 0. The van der Waals surface area contributed by atoms with Crippen molar-refractivity contribution in [2.24, 2.45) is 11.7 Å². The molecule has 0 spiro atoms. The Morgan fingerprint density at radius 1 is 1.80 bits per heavy atom. The maximum Gasteiger partial charge on any atom is 0.0782 e. The minimum atomic E-state index is -0.459. The van der Waals surface area contributed by atoms with E-state index >= 15 is 0 Å². The Morgan fingerprint density at radius 3 is 2.90 bits per heavy atom. The Bertz CT molecular complexity index is 112. The molecular formula is C7H15NOS. The number of rotatable bonds is 2. The molecule has 0 aromatic heterocycles. The fourth-order valence-corrected chi connectivity index (χ4v) is 2.60. The molecule has 2 unspecified atom stereocenters. The smallest absolute Gasteiger partial charge is 0.0782 e. The number of thioether (sulfide) groups is 1. The summed E-state index contributed by atoms with van der Waals surface area (Å²) in [6.45, 7) is 2.61. The summed E-state index contributed by atoms with van der Waals surface area (Å²) in [5.41, 5.74) is 5.01. The van der Waals surface area contributed by atoms with Crippen LogP contribution in [-0.4, -0.2) is 28.8 Å². The maximum atomic E-state index is 9.86. The lowest BCUT2D eigenvalue weighted by molar-refractivity contribution is 0.0176. The molecule has 3 N–H and O–H groups in total. The molecule has 0 saturated carbocycles. The third-order valence-electron chi connectivity index (χ3n) is 2.30. The molecule has 1 rings (SSSR count). The molecule has 0 radical (unpaired) electrons. The number of nitrogens with two attached hydrogens (primary N) is 1. The van der Waals surface area contributed by atoms with E-state index < -0.39 is 5.60 Å². The van der Waals surface area contributed by atoms with Crippen molar-refractivity contribution >= 4 is 11.8 Å². The van der Waals surface area contributed by atoms with Gasteiger partial charge in [-0.05, 0) is 24.6 Å². The Hall–Kier alpha value is 0.270. The summed E-state index contributed by atoms with van der Waals surface area (Å²) in [6.07, 6.45) is 0.913. The van der Waals surface area contributed by atoms with Crippen molar-refractivity contribution in [3.63, 3.8) is 0 Å². The zero-order chi connectivity index (χ0) is 7.61. The van der Waals surface area contributed by atoms with Gasteiger partial charge in [-0.15, -0.1) is 0 Å². The Labute approximate surface area is 66.2 Å². The van der Waals surface area contributed by atoms with Crippen molar-refractivity contribution in [1.29, 1.82) is 0 Å². The van der Waals surface area contributed by atoms with E-state index in [2.05, 4.69) is 0 Å². The van der Waals surface area contributed by atoms with Crippen LogP contribution in [0.4, 0.5) is 0 Å². The van der Waals surface area contributed by atoms with Crippen molar-refractivity contribution < 1.29 is 5.11 Å². The fraction of sp³-hybridized carbons (Fsp3) is 1.00. The van der Waals surface area contributed by atoms with Gasteiger partial charge in [0.05, 0.1) is 5.60 Å². The lowest BCUT2D eigenvalue weighted by atomic mass is 9.89. The third-order valence-corrected chi connectivity index (χ3v) is 3.50. The van der Waals surface area contributed by atoms with Gasteiger partial charge in [0.2, 0.25) is 0 Å². The first-order valence-electron chi connectivity index (χ1n) is 3.69. The largest absolute Gasteiger partial charge is 0.389 e. The molecular weight excluding hydrogens is 146 g/mol. The summed E-state index contributed by atoms with van der Waals surface area (Å²) in [5.74, 6) is 2.20. The molecule has 0 aromatic rings. The van der Waals surface area contributed by atoms with Gasteiger partial charge >= 0.3 is 0 Å². The molecule has 0 aliphatic carbocycles. The Morgan fingerprint density at radius 2 is 2.50 bits per heavy atom. The first-order valence-corrected chi connectivity index (χ1v) is 4.85. The first kappa shape index (κ1) is 8.37. The second kappa shape index (κ2) is 3.11. The second-order valence-corrected chi connectivity index (χ2v) is 4.15. The van der Waals surface area contributed by atoms with Crippen molar-refractivity contribution in [2.75, 3.05) is 18.1 Å². The Kier molecular flexibility index (Phi) is 2.61. The standard InChI is InChI=1S/C7H15NOS/c1-6(4-8)7(9)2-3-10-5-7/h6,9H,2-5,8H2,1H3. The van der Waals surface area contributed by atoms with E-state index in [0.29, 0.717) is 6.54 Å². The van der Waals surface area contributed by atoms with E-state index in [4.69, 9.17) is 5.73 Å². The van der Waals surface area contributed by atoms with Gasteiger partial charge in [0.25, 0.3) is 0 Å². The van der Waals surface area contributed by atoms with Crippen LogP contribution >= 0.6 is 11.8 Å². The van der Waals surface area contributed by atoms with E-state index in [1.54, 1.807) is 0 Å². The van der Waals surface area contributed by atoms with Crippen LogP contribution in [0, 0.1) is 5.92 Å². The summed E-state index contributed by atoms with van der Waals surface area (Å²) in [5, 5.41) is 9.86. The zero-order valence-electron chi connectivity index (χ0n) is 6.34. The maximum absolute atomic E-state index is 9.86. The quantitative estimate of drug-likeness (QED) is 0.618. The average molecular weight is 161 g/mol. The van der Waals surface area contributed by atoms with Gasteiger partial charge < -0.3 is 10.8 Å². The van der Waals surface area contributed by atoms with Crippen LogP contribution in [0.25, 0.3) is 0 Å². The van der Waals surface area contributed by atoms with Crippen molar-refractivity contribution in [1.82, 2.24) is 0 Å². The van der Waals surface area contributed by atoms with Gasteiger partial charge in [-0.2, -0.15) is 11.8 Å². The van der Waals surface area contributed by atoms with Crippen LogP contribution < -0.4 is 5.73 Å². The monoisotopic (exact) mass is 161 g/mol. The molecule has 2 atom stereocenters. The fourth-order valence-electron chi connectivity index (χ4n) is 1.18. The molecule has 60 valence electrons. The highest BCUT2D eigenvalue weighted by molar-refractivity contribution is 7.99. The molecule has 10 heavy (non-hydrogen) atoms. The van der Waals surface area contributed by atoms with Crippen molar-refractivity contribution in [3.05, 3.63) is 0 Å². The van der Waals surface area contributed by atoms with E-state index in [-0.39, 0.29) is 5.92 Å². The average Bonchev–Trinajstić information content (AvgIpc) is 2.36. The van der Waals surface area contributed by atoms with Gasteiger partial charge in [0, 0.05) is 5.75 Å². The van der Waals surface area contributed by atoms with E-state index in [0.717, 1.165) is 17.9 Å². The molecule has 0 amide bonds. The summed E-state index contributed by atoms with van der Waals surface area (Å²) in [7, 11) is 0. The van der Waals surface area contributed by atoms with Crippen LogP contribution in [0.1, 0.15) is 13.3 Å². The van der Waals surface area contributed by atoms with E-state index in [1.165, 1.54) is 0 Å². The minimum Gasteiger partial charge on any atom is -0.389 e. The van der Waals surface area contributed by atoms with Gasteiger partial charge in [-0.3, -0.25) is 0 Å². The molecule has 0 bridgehead atoms. The molecule has 2 nitrogen and oxygen atoms in total. The van der Waals surface area contributed by atoms with Crippen LogP contribution in [-0.2, 0) is 0 Å². The van der Waals surface area contributed by atoms with E-state index in [1.807, 2.05) is 18.7 Å². The lowest BCUT2D eigenvalue weighted by Crippen LogP contribution is -2.40. The normalized spacial score (nSPS) is 36.3. The predicted octanol–water partition coefficient (Wildman–Crippen LogP) is 0.449. The van der Waals surface area contributed by atoms with Crippen molar-refractivity contribution in [3.8, 4) is 0 Å². The lowest BCUT2D eigenvalue weighted by Gasteiger charge is -2.27. The minimum absolute atomic E-state index is 0.252. The number of hydrogen-bond donors (Lipinski definition) is 2. The molecule has 1 aliphatic heterocycles. The summed E-state index contributed by atoms with van der Waals surface area (Å²) >= 11 is 1.82. The SMILES string of the molecule is CC(CN)C1(O)CCSC1. The summed E-state index contributed by atoms with van der Waals surface area (Å²) in [4.78, 5) is 0. The van der Waals surface area contributed by atoms with E-state index in [9.17, 15) is 5.11 Å². The molecule has 1 fully saturated rings. The first-order chi connectivity index (χ1) is 4.69. The number of hydrogen-bond acceptors (Lipinski definition) is 3. The van der Waals surface area contributed by atoms with Gasteiger partial charge in [0.1, 0.15) is 0 Å². The van der Waals surface area contributed by atoms with Crippen LogP contribution in [0.15, 0.2) is 0 Å². The second-order valence-electron chi connectivity index (χ2n) is 3.04. The van der Waals surface area contributed by atoms with Crippen molar-refractivity contribution in [2.45, 2.75) is 18.9 Å².